The molecule has 1 aliphatic rings. The van der Waals surface area contributed by atoms with Crippen LogP contribution in [-0.2, 0) is 12.2 Å². The maximum atomic E-state index is 6.11. The maximum Gasteiger partial charge on any atom is 0.126 e. The van der Waals surface area contributed by atoms with Crippen LogP contribution in [0.5, 0.6) is 5.75 Å². The number of fused-ring (bicyclic) bond motifs is 1. The molecule has 0 aromatic heterocycles. The zero-order valence-electron chi connectivity index (χ0n) is 9.84. The topological polar surface area (TPSA) is 9.23 Å². The van der Waals surface area contributed by atoms with Crippen LogP contribution >= 0.6 is 35.0 Å². The second-order valence-electron chi connectivity index (χ2n) is 4.43. The third-order valence-corrected chi connectivity index (χ3v) is 4.81. The smallest absolute Gasteiger partial charge is 0.126 e. The van der Waals surface area contributed by atoms with Gasteiger partial charge in [0.1, 0.15) is 5.75 Å². The summed E-state index contributed by atoms with van der Waals surface area (Å²) in [7, 11) is 0. The SMILES string of the molecule is CC(CCl)CSCc1cc(Cl)cc2c1OCC2. The Labute approximate surface area is 117 Å². The standard InChI is InChI=1S/C13H16Cl2OS/c1-9(6-14)7-17-8-11-5-12(15)4-10-2-3-16-13(10)11/h4-5,9H,2-3,6-8H2,1H3. The number of benzene rings is 1. The summed E-state index contributed by atoms with van der Waals surface area (Å²) >= 11 is 13.8. The first-order valence-corrected chi connectivity index (χ1v) is 7.85. The number of hydrogen-bond acceptors (Lipinski definition) is 2. The molecule has 1 nitrogen and oxygen atoms in total. The third kappa shape index (κ3) is 3.46. The maximum absolute atomic E-state index is 6.11. The molecule has 0 bridgehead atoms. The number of halogens is 2. The van der Waals surface area contributed by atoms with E-state index in [1.54, 1.807) is 0 Å². The first-order valence-electron chi connectivity index (χ1n) is 5.78. The van der Waals surface area contributed by atoms with E-state index in [1.165, 1.54) is 11.1 Å². The highest BCUT2D eigenvalue weighted by Crippen LogP contribution is 2.35. The fraction of sp³-hybridized carbons (Fsp3) is 0.538. The Hall–Kier alpha value is -0.0500. The molecule has 0 amide bonds. The Morgan fingerprint density at radius 1 is 1.47 bits per heavy atom. The van der Waals surface area contributed by atoms with Gasteiger partial charge in [-0.15, -0.1) is 11.6 Å². The first-order chi connectivity index (χ1) is 8.20. The summed E-state index contributed by atoms with van der Waals surface area (Å²) in [4.78, 5) is 0. The highest BCUT2D eigenvalue weighted by atomic mass is 35.5. The molecule has 2 rings (SSSR count). The molecule has 1 heterocycles. The van der Waals surface area contributed by atoms with Crippen molar-refractivity contribution in [3.8, 4) is 5.75 Å². The van der Waals surface area contributed by atoms with E-state index in [1.807, 2.05) is 23.9 Å². The minimum Gasteiger partial charge on any atom is -0.493 e. The van der Waals surface area contributed by atoms with Gasteiger partial charge < -0.3 is 4.74 Å². The van der Waals surface area contributed by atoms with Gasteiger partial charge in [0.25, 0.3) is 0 Å². The predicted molar refractivity (Wildman–Crippen MR) is 76.7 cm³/mol. The fourth-order valence-electron chi connectivity index (χ4n) is 1.87. The molecule has 17 heavy (non-hydrogen) atoms. The Kier molecular flexibility index (Phi) is 4.89. The molecule has 0 N–H and O–H groups in total. The van der Waals surface area contributed by atoms with Gasteiger partial charge in [-0.25, -0.2) is 0 Å². The number of thioether (sulfide) groups is 1. The van der Waals surface area contributed by atoms with Gasteiger partial charge >= 0.3 is 0 Å². The van der Waals surface area contributed by atoms with Crippen LogP contribution in [0.3, 0.4) is 0 Å². The molecule has 0 aliphatic carbocycles. The lowest BCUT2D eigenvalue weighted by Crippen LogP contribution is -2.00. The molecule has 4 heteroatoms. The van der Waals surface area contributed by atoms with Crippen molar-refractivity contribution in [1.29, 1.82) is 0 Å². The van der Waals surface area contributed by atoms with Gasteiger partial charge in [0.05, 0.1) is 6.61 Å². The van der Waals surface area contributed by atoms with Gasteiger partial charge in [0.15, 0.2) is 0 Å². The first kappa shape index (κ1) is 13.4. The molecule has 0 spiro atoms. The Morgan fingerprint density at radius 2 is 2.29 bits per heavy atom. The Balaban J connectivity index is 2.01. The van der Waals surface area contributed by atoms with Crippen LogP contribution in [0.1, 0.15) is 18.1 Å². The molecule has 1 aliphatic heterocycles. The largest absolute Gasteiger partial charge is 0.493 e. The average Bonchev–Trinajstić information content (AvgIpc) is 2.76. The van der Waals surface area contributed by atoms with Gasteiger partial charge in [-0.05, 0) is 29.4 Å². The third-order valence-electron chi connectivity index (χ3n) is 2.75. The van der Waals surface area contributed by atoms with E-state index in [-0.39, 0.29) is 0 Å². The van der Waals surface area contributed by atoms with Crippen molar-refractivity contribution in [3.05, 3.63) is 28.3 Å². The molecule has 94 valence electrons. The van der Waals surface area contributed by atoms with E-state index in [0.717, 1.165) is 41.2 Å². The number of ether oxygens (including phenoxy) is 1. The molecule has 1 unspecified atom stereocenters. The van der Waals surface area contributed by atoms with Crippen LogP contribution in [0.4, 0.5) is 0 Å². The number of alkyl halides is 1. The number of rotatable bonds is 5. The van der Waals surface area contributed by atoms with Gasteiger partial charge in [-0.2, -0.15) is 11.8 Å². The van der Waals surface area contributed by atoms with Crippen molar-refractivity contribution in [3.63, 3.8) is 0 Å². The highest BCUT2D eigenvalue weighted by molar-refractivity contribution is 7.98. The van der Waals surface area contributed by atoms with Crippen LogP contribution in [0.25, 0.3) is 0 Å². The second kappa shape index (κ2) is 6.21. The monoisotopic (exact) mass is 290 g/mol. The van der Waals surface area contributed by atoms with Crippen molar-refractivity contribution in [1.82, 2.24) is 0 Å². The summed E-state index contributed by atoms with van der Waals surface area (Å²) in [6.45, 7) is 2.95. The summed E-state index contributed by atoms with van der Waals surface area (Å²) < 4.78 is 5.67. The quantitative estimate of drug-likeness (QED) is 0.744. The lowest BCUT2D eigenvalue weighted by Gasteiger charge is -2.10. The van der Waals surface area contributed by atoms with Crippen LogP contribution in [0.2, 0.25) is 5.02 Å². The lowest BCUT2D eigenvalue weighted by molar-refractivity contribution is 0.354. The number of hydrogen-bond donors (Lipinski definition) is 0. The van der Waals surface area contributed by atoms with Crippen LogP contribution in [0.15, 0.2) is 12.1 Å². The highest BCUT2D eigenvalue weighted by Gasteiger charge is 2.17. The summed E-state index contributed by atoms with van der Waals surface area (Å²) in [5.41, 5.74) is 2.47. The molecule has 0 fully saturated rings. The van der Waals surface area contributed by atoms with Crippen molar-refractivity contribution in [2.75, 3.05) is 18.2 Å². The fourth-order valence-corrected chi connectivity index (χ4v) is 3.44. The van der Waals surface area contributed by atoms with E-state index < -0.39 is 0 Å². The van der Waals surface area contributed by atoms with Crippen LogP contribution in [0, 0.1) is 5.92 Å². The van der Waals surface area contributed by atoms with E-state index in [2.05, 4.69) is 6.92 Å². The molecule has 1 atom stereocenters. The molecule has 0 saturated carbocycles. The molecular weight excluding hydrogens is 275 g/mol. The van der Waals surface area contributed by atoms with E-state index in [0.29, 0.717) is 5.92 Å². The summed E-state index contributed by atoms with van der Waals surface area (Å²) in [5, 5.41) is 0.815. The molecule has 0 radical (unpaired) electrons. The predicted octanol–water partition coefficient (Wildman–Crippen LogP) is 4.38. The van der Waals surface area contributed by atoms with Crippen molar-refractivity contribution in [2.45, 2.75) is 19.1 Å². The van der Waals surface area contributed by atoms with Gasteiger partial charge in [-0.3, -0.25) is 0 Å². The molecule has 1 aromatic rings. The van der Waals surface area contributed by atoms with Crippen molar-refractivity contribution >= 4 is 35.0 Å². The minimum atomic E-state index is 0.551. The molecule has 0 saturated heterocycles. The summed E-state index contributed by atoms with van der Waals surface area (Å²) in [6.07, 6.45) is 0.978. The normalized spacial score (nSPS) is 15.5. The van der Waals surface area contributed by atoms with Gasteiger partial charge in [0.2, 0.25) is 0 Å². The minimum absolute atomic E-state index is 0.551. The summed E-state index contributed by atoms with van der Waals surface area (Å²) in [6, 6.07) is 4.03. The Bertz CT molecular complexity index is 395. The molecular formula is C13H16Cl2OS. The lowest BCUT2D eigenvalue weighted by atomic mass is 10.1. The van der Waals surface area contributed by atoms with Crippen LogP contribution in [-0.4, -0.2) is 18.2 Å². The van der Waals surface area contributed by atoms with E-state index in [9.17, 15) is 0 Å². The van der Waals surface area contributed by atoms with Gasteiger partial charge in [-0.1, -0.05) is 18.5 Å². The van der Waals surface area contributed by atoms with Crippen LogP contribution < -0.4 is 4.74 Å². The Morgan fingerprint density at radius 3 is 3.06 bits per heavy atom. The zero-order valence-corrected chi connectivity index (χ0v) is 12.2. The molecule has 1 aromatic carbocycles. The van der Waals surface area contributed by atoms with Crippen molar-refractivity contribution in [2.24, 2.45) is 5.92 Å². The van der Waals surface area contributed by atoms with Crippen molar-refractivity contribution < 1.29 is 4.74 Å². The zero-order chi connectivity index (χ0) is 12.3. The van der Waals surface area contributed by atoms with E-state index in [4.69, 9.17) is 27.9 Å². The van der Waals surface area contributed by atoms with Gasteiger partial charge in [0, 0.05) is 28.6 Å². The second-order valence-corrected chi connectivity index (χ2v) is 6.20. The van der Waals surface area contributed by atoms with E-state index >= 15 is 0 Å². The summed E-state index contributed by atoms with van der Waals surface area (Å²) in [5.74, 6) is 4.35. The average molecular weight is 291 g/mol.